The fourth-order valence-electron chi connectivity index (χ4n) is 2.48. The predicted molar refractivity (Wildman–Crippen MR) is 97.5 cm³/mol. The molecule has 0 aliphatic heterocycles. The topological polar surface area (TPSA) is 66.9 Å². The molecular weight excluding hydrogens is 339 g/mol. The third kappa shape index (κ3) is 4.19. The van der Waals surface area contributed by atoms with Crippen LogP contribution in [-0.4, -0.2) is 16.2 Å². The Morgan fingerprint density at radius 1 is 1.08 bits per heavy atom. The van der Waals surface area contributed by atoms with Gasteiger partial charge in [0.25, 0.3) is 0 Å². The molecule has 128 valence electrons. The number of amides is 2. The zero-order valence-electron chi connectivity index (χ0n) is 13.6. The van der Waals surface area contributed by atoms with Gasteiger partial charge < -0.3 is 5.32 Å². The lowest BCUT2D eigenvalue weighted by molar-refractivity contribution is 0.262. The molecule has 7 heteroatoms. The first kappa shape index (κ1) is 17.0. The second-order valence-electron chi connectivity index (χ2n) is 5.38. The Kier molecular flexibility index (Phi) is 5.35. The summed E-state index contributed by atoms with van der Waals surface area (Å²) in [5.74, 6) is -0.366. The van der Waals surface area contributed by atoms with Gasteiger partial charge in [-0.2, -0.15) is 0 Å². The van der Waals surface area contributed by atoms with Crippen molar-refractivity contribution in [2.75, 3.05) is 10.6 Å². The maximum atomic E-state index is 13.6. The van der Waals surface area contributed by atoms with Crippen LogP contribution in [0, 0.1) is 5.82 Å². The lowest BCUT2D eigenvalue weighted by atomic mass is 9.97. The highest BCUT2D eigenvalue weighted by Gasteiger charge is 2.18. The van der Waals surface area contributed by atoms with Gasteiger partial charge in [-0.15, -0.1) is 10.2 Å². The highest BCUT2D eigenvalue weighted by molar-refractivity contribution is 7.15. The lowest BCUT2D eigenvalue weighted by Gasteiger charge is -2.11. The number of urea groups is 1. The highest BCUT2D eigenvalue weighted by atomic mass is 32.1. The molecule has 25 heavy (non-hydrogen) atoms. The zero-order valence-corrected chi connectivity index (χ0v) is 14.4. The van der Waals surface area contributed by atoms with Gasteiger partial charge >= 0.3 is 6.03 Å². The summed E-state index contributed by atoms with van der Waals surface area (Å²) in [6.07, 6.45) is 0.875. The average molecular weight is 356 g/mol. The van der Waals surface area contributed by atoms with E-state index in [1.54, 1.807) is 12.1 Å². The van der Waals surface area contributed by atoms with Crippen molar-refractivity contribution in [3.63, 3.8) is 0 Å². The molecule has 3 aromatic rings. The highest BCUT2D eigenvalue weighted by Crippen LogP contribution is 2.31. The quantitative estimate of drug-likeness (QED) is 0.686. The number of benzene rings is 2. The Morgan fingerprint density at radius 3 is 2.52 bits per heavy atom. The molecule has 0 radical (unpaired) electrons. The van der Waals surface area contributed by atoms with Crippen molar-refractivity contribution in [2.24, 2.45) is 0 Å². The van der Waals surface area contributed by atoms with E-state index in [9.17, 15) is 9.18 Å². The predicted octanol–water partition coefficient (Wildman–Crippen LogP) is 4.86. The van der Waals surface area contributed by atoms with Crippen molar-refractivity contribution in [1.29, 1.82) is 0 Å². The van der Waals surface area contributed by atoms with Gasteiger partial charge in [0, 0.05) is 5.92 Å². The van der Waals surface area contributed by atoms with Crippen LogP contribution in [0.25, 0.3) is 0 Å². The number of aromatic nitrogens is 2. The Morgan fingerprint density at radius 2 is 1.80 bits per heavy atom. The van der Waals surface area contributed by atoms with Crippen molar-refractivity contribution in [2.45, 2.75) is 19.3 Å². The first-order valence-electron chi connectivity index (χ1n) is 7.88. The number of nitrogens with zero attached hydrogens (tertiary/aromatic N) is 2. The number of anilines is 2. The smallest absolute Gasteiger partial charge is 0.305 e. The van der Waals surface area contributed by atoms with E-state index in [-0.39, 0.29) is 11.6 Å². The Hall–Kier alpha value is -2.80. The van der Waals surface area contributed by atoms with Crippen LogP contribution in [0.15, 0.2) is 54.6 Å². The van der Waals surface area contributed by atoms with Crippen LogP contribution in [0.3, 0.4) is 0 Å². The van der Waals surface area contributed by atoms with Gasteiger partial charge in [0.15, 0.2) is 0 Å². The molecule has 0 spiro atoms. The fourth-order valence-corrected chi connectivity index (χ4v) is 3.43. The van der Waals surface area contributed by atoms with Crippen LogP contribution >= 0.6 is 11.3 Å². The third-order valence-corrected chi connectivity index (χ3v) is 4.64. The summed E-state index contributed by atoms with van der Waals surface area (Å²) in [5.41, 5.74) is 1.27. The normalized spacial score (nSPS) is 11.8. The number of halogens is 1. The summed E-state index contributed by atoms with van der Waals surface area (Å²) in [7, 11) is 0. The summed E-state index contributed by atoms with van der Waals surface area (Å²) < 4.78 is 13.6. The van der Waals surface area contributed by atoms with E-state index in [2.05, 4.69) is 27.8 Å². The summed E-state index contributed by atoms with van der Waals surface area (Å²) >= 11 is 1.32. The van der Waals surface area contributed by atoms with Crippen LogP contribution in [0.1, 0.15) is 29.8 Å². The van der Waals surface area contributed by atoms with Crippen molar-refractivity contribution in [3.05, 3.63) is 71.0 Å². The molecule has 0 fully saturated rings. The minimum absolute atomic E-state index is 0.112. The van der Waals surface area contributed by atoms with E-state index in [1.807, 2.05) is 30.3 Å². The molecule has 1 heterocycles. The molecule has 0 saturated heterocycles. The van der Waals surface area contributed by atoms with E-state index in [0.29, 0.717) is 5.13 Å². The minimum Gasteiger partial charge on any atom is -0.305 e. The van der Waals surface area contributed by atoms with E-state index < -0.39 is 11.8 Å². The maximum absolute atomic E-state index is 13.6. The van der Waals surface area contributed by atoms with E-state index in [1.165, 1.54) is 23.5 Å². The number of para-hydroxylation sites is 1. The van der Waals surface area contributed by atoms with E-state index in [4.69, 9.17) is 0 Å². The minimum atomic E-state index is -0.555. The number of carbonyl (C=O) groups is 1. The van der Waals surface area contributed by atoms with Crippen molar-refractivity contribution >= 4 is 28.2 Å². The van der Waals surface area contributed by atoms with E-state index in [0.717, 1.165) is 17.0 Å². The van der Waals surface area contributed by atoms with Gasteiger partial charge in [0.05, 0.1) is 5.69 Å². The van der Waals surface area contributed by atoms with Crippen LogP contribution in [-0.2, 0) is 0 Å². The average Bonchev–Trinajstić information content (AvgIpc) is 3.06. The van der Waals surface area contributed by atoms with Gasteiger partial charge in [-0.1, -0.05) is 60.7 Å². The SMILES string of the molecule is CCC(c1ccccc1)c1nnc(NC(=O)Nc2ccccc2F)s1. The van der Waals surface area contributed by atoms with Crippen LogP contribution in [0.5, 0.6) is 0 Å². The molecule has 3 rings (SSSR count). The molecule has 0 bridgehead atoms. The number of hydrogen-bond acceptors (Lipinski definition) is 4. The largest absolute Gasteiger partial charge is 0.325 e. The van der Waals surface area contributed by atoms with Crippen molar-refractivity contribution < 1.29 is 9.18 Å². The molecule has 2 aromatic carbocycles. The summed E-state index contributed by atoms with van der Waals surface area (Å²) in [6, 6.07) is 15.5. The molecule has 1 unspecified atom stereocenters. The Labute approximate surface area is 148 Å². The molecule has 2 N–H and O–H groups in total. The zero-order chi connectivity index (χ0) is 17.6. The van der Waals surface area contributed by atoms with E-state index >= 15 is 0 Å². The van der Waals surface area contributed by atoms with Crippen LogP contribution in [0.4, 0.5) is 20.0 Å². The third-order valence-electron chi connectivity index (χ3n) is 3.69. The standard InChI is InChI=1S/C18H17FN4OS/c1-2-13(12-8-4-3-5-9-12)16-22-23-18(25-16)21-17(24)20-15-11-7-6-10-14(15)19/h3-11,13H,2H2,1H3,(H2,20,21,23,24). The molecular formula is C18H17FN4OS. The first-order chi connectivity index (χ1) is 12.2. The number of nitrogens with one attached hydrogen (secondary N) is 2. The molecule has 5 nitrogen and oxygen atoms in total. The summed E-state index contributed by atoms with van der Waals surface area (Å²) in [5, 5.41) is 14.5. The second-order valence-corrected chi connectivity index (χ2v) is 6.39. The van der Waals surface area contributed by atoms with Gasteiger partial charge in [0.1, 0.15) is 10.8 Å². The van der Waals surface area contributed by atoms with Crippen molar-refractivity contribution in [3.8, 4) is 0 Å². The van der Waals surface area contributed by atoms with Crippen LogP contribution in [0.2, 0.25) is 0 Å². The fraction of sp³-hybridized carbons (Fsp3) is 0.167. The van der Waals surface area contributed by atoms with Gasteiger partial charge in [-0.25, -0.2) is 9.18 Å². The number of hydrogen-bond donors (Lipinski definition) is 2. The van der Waals surface area contributed by atoms with Crippen LogP contribution < -0.4 is 10.6 Å². The molecule has 0 aliphatic carbocycles. The van der Waals surface area contributed by atoms with Gasteiger partial charge in [-0.3, -0.25) is 5.32 Å². The summed E-state index contributed by atoms with van der Waals surface area (Å²) in [6.45, 7) is 2.08. The Balaban J connectivity index is 1.69. The monoisotopic (exact) mass is 356 g/mol. The molecule has 0 saturated carbocycles. The van der Waals surface area contributed by atoms with Gasteiger partial charge in [0.2, 0.25) is 5.13 Å². The molecule has 1 aromatic heterocycles. The van der Waals surface area contributed by atoms with Crippen molar-refractivity contribution in [1.82, 2.24) is 10.2 Å². The summed E-state index contributed by atoms with van der Waals surface area (Å²) in [4.78, 5) is 12.0. The first-order valence-corrected chi connectivity index (χ1v) is 8.70. The molecule has 2 amide bonds. The number of rotatable bonds is 5. The molecule has 0 aliphatic rings. The lowest BCUT2D eigenvalue weighted by Crippen LogP contribution is -2.19. The number of carbonyl (C=O) groups excluding carboxylic acids is 1. The Bertz CT molecular complexity index is 853. The molecule has 1 atom stereocenters. The maximum Gasteiger partial charge on any atom is 0.325 e. The van der Waals surface area contributed by atoms with Gasteiger partial charge in [-0.05, 0) is 24.1 Å². The second kappa shape index (κ2) is 7.85.